The van der Waals surface area contributed by atoms with Gasteiger partial charge in [0.2, 0.25) is 0 Å². The average molecular weight is 499 g/mol. The summed E-state index contributed by atoms with van der Waals surface area (Å²) in [6, 6.07) is 16.7. The minimum Gasteiger partial charge on any atom is -0.497 e. The fraction of sp³-hybridized carbons (Fsp3) is 0.259. The molecule has 6 nitrogen and oxygen atoms in total. The molecule has 36 heavy (non-hydrogen) atoms. The lowest BCUT2D eigenvalue weighted by Crippen LogP contribution is -2.38. The fourth-order valence-corrected chi connectivity index (χ4v) is 4.01. The number of amides is 2. The Morgan fingerprint density at radius 2 is 1.89 bits per heavy atom. The van der Waals surface area contributed by atoms with Gasteiger partial charge in [0, 0.05) is 29.9 Å². The Kier molecular flexibility index (Phi) is 7.19. The normalized spacial score (nSPS) is 15.5. The molecule has 1 atom stereocenters. The summed E-state index contributed by atoms with van der Waals surface area (Å²) in [5, 5.41) is 2.83. The summed E-state index contributed by atoms with van der Waals surface area (Å²) in [5.74, 6) is 0.383. The van der Waals surface area contributed by atoms with Crippen molar-refractivity contribution >= 4 is 17.5 Å². The van der Waals surface area contributed by atoms with Gasteiger partial charge < -0.3 is 19.7 Å². The summed E-state index contributed by atoms with van der Waals surface area (Å²) >= 11 is 0. The first-order valence-corrected chi connectivity index (χ1v) is 11.4. The minimum atomic E-state index is -4.48. The molecular weight excluding hydrogens is 473 g/mol. The van der Waals surface area contributed by atoms with Gasteiger partial charge in [-0.3, -0.25) is 9.59 Å². The Labute approximate surface area is 206 Å². The van der Waals surface area contributed by atoms with Crippen LogP contribution in [0.3, 0.4) is 0 Å². The number of halogens is 3. The van der Waals surface area contributed by atoms with Gasteiger partial charge >= 0.3 is 6.18 Å². The number of rotatable bonds is 6. The van der Waals surface area contributed by atoms with Crippen LogP contribution in [0.15, 0.2) is 66.7 Å². The molecule has 0 aliphatic carbocycles. The number of anilines is 1. The summed E-state index contributed by atoms with van der Waals surface area (Å²) in [6.45, 7) is 1.91. The Morgan fingerprint density at radius 1 is 1.11 bits per heavy atom. The molecule has 0 bridgehead atoms. The van der Waals surface area contributed by atoms with Crippen molar-refractivity contribution < 1.29 is 32.2 Å². The third-order valence-electron chi connectivity index (χ3n) is 5.87. The number of hydrogen-bond acceptors (Lipinski definition) is 4. The summed E-state index contributed by atoms with van der Waals surface area (Å²) in [6.07, 6.45) is -4.85. The van der Waals surface area contributed by atoms with Crippen LogP contribution in [0, 0.1) is 0 Å². The van der Waals surface area contributed by atoms with Gasteiger partial charge in [-0.1, -0.05) is 25.1 Å². The molecule has 0 aromatic heterocycles. The zero-order valence-corrected chi connectivity index (χ0v) is 19.8. The second kappa shape index (κ2) is 10.3. The van der Waals surface area contributed by atoms with Gasteiger partial charge in [0.25, 0.3) is 11.8 Å². The maximum atomic E-state index is 13.2. The predicted molar refractivity (Wildman–Crippen MR) is 128 cm³/mol. The molecule has 4 rings (SSSR count). The van der Waals surface area contributed by atoms with E-state index in [1.807, 2.05) is 0 Å². The van der Waals surface area contributed by atoms with E-state index in [1.165, 1.54) is 18.1 Å². The first-order chi connectivity index (χ1) is 17.2. The van der Waals surface area contributed by atoms with Crippen molar-refractivity contribution in [3.05, 3.63) is 89.0 Å². The van der Waals surface area contributed by atoms with Crippen LogP contribution in [0.25, 0.3) is 0 Å². The molecule has 0 radical (unpaired) electrons. The van der Waals surface area contributed by atoms with E-state index in [-0.39, 0.29) is 24.9 Å². The Balaban J connectivity index is 1.59. The highest BCUT2D eigenvalue weighted by Crippen LogP contribution is 2.32. The first kappa shape index (κ1) is 25.1. The van der Waals surface area contributed by atoms with E-state index >= 15 is 0 Å². The van der Waals surface area contributed by atoms with E-state index in [2.05, 4.69) is 5.32 Å². The Bertz CT molecular complexity index is 1280. The van der Waals surface area contributed by atoms with Crippen molar-refractivity contribution in [1.29, 1.82) is 0 Å². The number of carbonyl (C=O) groups excluding carboxylic acids is 2. The lowest BCUT2D eigenvalue weighted by molar-refractivity contribution is -0.139. The van der Waals surface area contributed by atoms with Gasteiger partial charge in [0.1, 0.15) is 11.5 Å². The summed E-state index contributed by atoms with van der Waals surface area (Å²) in [5.41, 5.74) is 1.13. The summed E-state index contributed by atoms with van der Waals surface area (Å²) in [4.78, 5) is 27.3. The van der Waals surface area contributed by atoms with Crippen molar-refractivity contribution in [2.24, 2.45) is 0 Å². The van der Waals surface area contributed by atoms with E-state index in [9.17, 15) is 22.8 Å². The predicted octanol–water partition coefficient (Wildman–Crippen LogP) is 5.67. The van der Waals surface area contributed by atoms with E-state index in [1.54, 1.807) is 55.5 Å². The molecule has 1 aliphatic rings. The second-order valence-corrected chi connectivity index (χ2v) is 8.42. The van der Waals surface area contributed by atoms with Crippen molar-refractivity contribution in [1.82, 2.24) is 4.90 Å². The van der Waals surface area contributed by atoms with Crippen LogP contribution in [0.2, 0.25) is 0 Å². The third-order valence-corrected chi connectivity index (χ3v) is 5.87. The smallest absolute Gasteiger partial charge is 0.416 e. The molecule has 3 aromatic rings. The average Bonchev–Trinajstić information content (AvgIpc) is 2.99. The SMILES string of the molecule is CCC1Oc2ccc(NC(=O)c3cccc(OC)c3)cc2CN(Cc2cccc(C(F)(F)F)c2)C1=O. The second-order valence-electron chi connectivity index (χ2n) is 8.42. The summed E-state index contributed by atoms with van der Waals surface area (Å²) < 4.78 is 50.6. The van der Waals surface area contributed by atoms with Gasteiger partial charge in [-0.2, -0.15) is 13.2 Å². The van der Waals surface area contributed by atoms with E-state index in [4.69, 9.17) is 9.47 Å². The van der Waals surface area contributed by atoms with Crippen LogP contribution >= 0.6 is 0 Å². The van der Waals surface area contributed by atoms with Gasteiger partial charge in [0.15, 0.2) is 6.10 Å². The number of carbonyl (C=O) groups is 2. The van der Waals surface area contributed by atoms with Crippen LogP contribution in [-0.2, 0) is 24.1 Å². The summed E-state index contributed by atoms with van der Waals surface area (Å²) in [7, 11) is 1.51. The standard InChI is InChI=1S/C27H25F3N2O4/c1-3-23-26(34)32(15-17-6-4-8-20(12-17)27(28,29)30)16-19-13-21(10-11-24(19)36-23)31-25(33)18-7-5-9-22(14-18)35-2/h4-14,23H,3,15-16H2,1-2H3,(H,31,33). The monoisotopic (exact) mass is 498 g/mol. The zero-order chi connectivity index (χ0) is 25.9. The van der Waals surface area contributed by atoms with Crippen molar-refractivity contribution in [3.63, 3.8) is 0 Å². The molecule has 9 heteroatoms. The topological polar surface area (TPSA) is 67.9 Å². The lowest BCUT2D eigenvalue weighted by atomic mass is 10.1. The zero-order valence-electron chi connectivity index (χ0n) is 19.8. The van der Waals surface area contributed by atoms with Gasteiger partial charge in [-0.05, 0) is 60.5 Å². The van der Waals surface area contributed by atoms with Crippen LogP contribution in [0.4, 0.5) is 18.9 Å². The number of hydrogen-bond donors (Lipinski definition) is 1. The maximum Gasteiger partial charge on any atom is 0.416 e. The number of methoxy groups -OCH3 is 1. The highest BCUT2D eigenvalue weighted by Gasteiger charge is 2.32. The van der Waals surface area contributed by atoms with Crippen LogP contribution in [0.5, 0.6) is 11.5 Å². The number of alkyl halides is 3. The molecule has 1 aliphatic heterocycles. The third kappa shape index (κ3) is 5.62. The van der Waals surface area contributed by atoms with Crippen LogP contribution in [-0.4, -0.2) is 29.9 Å². The molecular formula is C27H25F3N2O4. The van der Waals surface area contributed by atoms with Crippen LogP contribution in [0.1, 0.15) is 40.4 Å². The molecule has 188 valence electrons. The molecule has 0 spiro atoms. The van der Waals surface area contributed by atoms with Crippen molar-refractivity contribution in [2.45, 2.75) is 38.7 Å². The number of benzene rings is 3. The van der Waals surface area contributed by atoms with Crippen molar-refractivity contribution in [2.75, 3.05) is 12.4 Å². The maximum absolute atomic E-state index is 13.2. The van der Waals surface area contributed by atoms with E-state index in [0.29, 0.717) is 40.3 Å². The highest BCUT2D eigenvalue weighted by molar-refractivity contribution is 6.04. The quantitative estimate of drug-likeness (QED) is 0.476. The molecule has 1 unspecified atom stereocenters. The molecule has 1 heterocycles. The molecule has 1 N–H and O–H groups in total. The molecule has 0 saturated carbocycles. The molecule has 0 saturated heterocycles. The van der Waals surface area contributed by atoms with Crippen LogP contribution < -0.4 is 14.8 Å². The molecule has 3 aromatic carbocycles. The van der Waals surface area contributed by atoms with Gasteiger partial charge in [-0.15, -0.1) is 0 Å². The van der Waals surface area contributed by atoms with E-state index in [0.717, 1.165) is 12.1 Å². The number of nitrogens with zero attached hydrogens (tertiary/aromatic N) is 1. The Morgan fingerprint density at radius 3 is 2.61 bits per heavy atom. The first-order valence-electron chi connectivity index (χ1n) is 11.4. The number of fused-ring (bicyclic) bond motifs is 1. The van der Waals surface area contributed by atoms with Crippen molar-refractivity contribution in [3.8, 4) is 11.5 Å². The molecule has 0 fully saturated rings. The fourth-order valence-electron chi connectivity index (χ4n) is 4.01. The lowest BCUT2D eigenvalue weighted by Gasteiger charge is -2.23. The number of ether oxygens (including phenoxy) is 2. The highest BCUT2D eigenvalue weighted by atomic mass is 19.4. The molecule has 2 amide bonds. The van der Waals surface area contributed by atoms with Gasteiger partial charge in [-0.25, -0.2) is 0 Å². The van der Waals surface area contributed by atoms with E-state index < -0.39 is 17.8 Å². The Hall–Kier alpha value is -4.01. The van der Waals surface area contributed by atoms with Gasteiger partial charge in [0.05, 0.1) is 12.7 Å². The largest absolute Gasteiger partial charge is 0.497 e. The number of nitrogens with one attached hydrogen (secondary N) is 1. The minimum absolute atomic E-state index is 0.0115.